The Morgan fingerprint density at radius 3 is 2.72 bits per heavy atom. The van der Waals surface area contributed by atoms with Gasteiger partial charge in [0.05, 0.1) is 22.2 Å². The number of nitrogens with one attached hydrogen (secondary N) is 1. The molecule has 0 aliphatic heterocycles. The van der Waals surface area contributed by atoms with Gasteiger partial charge < -0.3 is 5.32 Å². The lowest BCUT2D eigenvalue weighted by Crippen LogP contribution is -2.30. The lowest BCUT2D eigenvalue weighted by atomic mass is 10.2. The Bertz CT molecular complexity index is 819. The van der Waals surface area contributed by atoms with Crippen LogP contribution in [0.2, 0.25) is 5.02 Å². The Balaban J connectivity index is 1.97. The molecule has 0 aliphatic rings. The quantitative estimate of drug-likeness (QED) is 0.550. The SMILES string of the molecule is CN(CC(=O)Nc1ccc([N+](=O)[O-])cc1Cl)Cc1cc(Br)ccc1F. The molecular formula is C16H14BrClFN3O3. The molecule has 6 nitrogen and oxygen atoms in total. The fourth-order valence-corrected chi connectivity index (χ4v) is 2.80. The molecule has 1 N–H and O–H groups in total. The first-order chi connectivity index (χ1) is 11.8. The minimum Gasteiger partial charge on any atom is -0.324 e. The maximum Gasteiger partial charge on any atom is 0.271 e. The number of hydrogen-bond acceptors (Lipinski definition) is 4. The molecule has 0 atom stereocenters. The van der Waals surface area contributed by atoms with E-state index in [0.717, 1.165) is 10.5 Å². The predicted molar refractivity (Wildman–Crippen MR) is 97.2 cm³/mol. The lowest BCUT2D eigenvalue weighted by Gasteiger charge is -2.17. The van der Waals surface area contributed by atoms with Crippen molar-refractivity contribution < 1.29 is 14.1 Å². The molecule has 0 bridgehead atoms. The van der Waals surface area contributed by atoms with E-state index in [-0.39, 0.29) is 41.2 Å². The molecule has 2 aromatic rings. The predicted octanol–water partition coefficient (Wildman–Crippen LogP) is 4.22. The van der Waals surface area contributed by atoms with Crippen molar-refractivity contribution in [1.29, 1.82) is 0 Å². The summed E-state index contributed by atoms with van der Waals surface area (Å²) in [5.41, 5.74) is 0.572. The van der Waals surface area contributed by atoms with E-state index in [1.807, 2.05) is 0 Å². The monoisotopic (exact) mass is 429 g/mol. The minimum absolute atomic E-state index is 0.000724. The van der Waals surface area contributed by atoms with Gasteiger partial charge in [0.15, 0.2) is 0 Å². The largest absolute Gasteiger partial charge is 0.324 e. The van der Waals surface area contributed by atoms with Gasteiger partial charge in [0.25, 0.3) is 5.69 Å². The number of carbonyl (C=O) groups excluding carboxylic acids is 1. The molecule has 0 aromatic heterocycles. The molecule has 132 valence electrons. The molecule has 0 spiro atoms. The third-order valence-corrected chi connectivity index (χ3v) is 4.11. The van der Waals surface area contributed by atoms with Gasteiger partial charge in [0, 0.05) is 28.7 Å². The van der Waals surface area contributed by atoms with Crippen molar-refractivity contribution in [2.24, 2.45) is 0 Å². The molecule has 2 rings (SSSR count). The molecule has 2 aromatic carbocycles. The maximum absolute atomic E-state index is 13.7. The van der Waals surface area contributed by atoms with Crippen LogP contribution in [0.3, 0.4) is 0 Å². The average Bonchev–Trinajstić information content (AvgIpc) is 2.52. The molecule has 9 heteroatoms. The summed E-state index contributed by atoms with van der Waals surface area (Å²) in [7, 11) is 1.68. The Kier molecular flexibility index (Phi) is 6.46. The highest BCUT2D eigenvalue weighted by Crippen LogP contribution is 2.26. The number of rotatable bonds is 6. The number of halogens is 3. The van der Waals surface area contributed by atoms with E-state index >= 15 is 0 Å². The van der Waals surface area contributed by atoms with Crippen LogP contribution in [0.1, 0.15) is 5.56 Å². The smallest absolute Gasteiger partial charge is 0.271 e. The maximum atomic E-state index is 13.7. The average molecular weight is 431 g/mol. The molecule has 1 amide bonds. The number of carbonyl (C=O) groups is 1. The van der Waals surface area contributed by atoms with E-state index in [2.05, 4.69) is 21.2 Å². The number of nitro groups is 1. The van der Waals surface area contributed by atoms with E-state index in [4.69, 9.17) is 11.6 Å². The fraction of sp³-hybridized carbons (Fsp3) is 0.188. The Morgan fingerprint density at radius 2 is 2.08 bits per heavy atom. The first-order valence-electron chi connectivity index (χ1n) is 7.12. The lowest BCUT2D eigenvalue weighted by molar-refractivity contribution is -0.384. The summed E-state index contributed by atoms with van der Waals surface area (Å²) in [5, 5.41) is 13.3. The summed E-state index contributed by atoms with van der Waals surface area (Å²) in [6, 6.07) is 8.38. The number of anilines is 1. The van der Waals surface area contributed by atoms with Gasteiger partial charge in [-0.05, 0) is 31.3 Å². The van der Waals surface area contributed by atoms with Crippen molar-refractivity contribution in [2.45, 2.75) is 6.54 Å². The van der Waals surface area contributed by atoms with Crippen LogP contribution in [-0.2, 0) is 11.3 Å². The van der Waals surface area contributed by atoms with Crippen molar-refractivity contribution in [3.05, 3.63) is 67.4 Å². The summed E-state index contributed by atoms with van der Waals surface area (Å²) < 4.78 is 14.5. The van der Waals surface area contributed by atoms with Gasteiger partial charge >= 0.3 is 0 Å². The van der Waals surface area contributed by atoms with Gasteiger partial charge in [-0.1, -0.05) is 27.5 Å². The summed E-state index contributed by atoms with van der Waals surface area (Å²) in [4.78, 5) is 23.8. The van der Waals surface area contributed by atoms with Gasteiger partial charge in [-0.3, -0.25) is 19.8 Å². The fourth-order valence-electron chi connectivity index (χ4n) is 2.17. The van der Waals surface area contributed by atoms with E-state index in [9.17, 15) is 19.3 Å². The van der Waals surface area contributed by atoms with Crippen LogP contribution < -0.4 is 5.32 Å². The van der Waals surface area contributed by atoms with Crippen molar-refractivity contribution in [1.82, 2.24) is 4.90 Å². The Hall–Kier alpha value is -2.03. The standard InChI is InChI=1S/C16H14BrClFN3O3/c1-21(8-10-6-11(17)2-4-14(10)19)9-16(23)20-15-5-3-12(22(24)25)7-13(15)18/h2-7H,8-9H2,1H3,(H,20,23). The molecule has 0 saturated carbocycles. The number of amides is 1. The molecule has 0 radical (unpaired) electrons. The zero-order valence-electron chi connectivity index (χ0n) is 13.1. The highest BCUT2D eigenvalue weighted by molar-refractivity contribution is 9.10. The molecule has 0 fully saturated rings. The summed E-state index contributed by atoms with van der Waals surface area (Å²) in [6.07, 6.45) is 0. The van der Waals surface area contributed by atoms with E-state index in [1.165, 1.54) is 18.2 Å². The molecule has 0 aliphatic carbocycles. The highest BCUT2D eigenvalue weighted by Gasteiger charge is 2.14. The second-order valence-corrected chi connectivity index (χ2v) is 6.70. The zero-order chi connectivity index (χ0) is 18.6. The Morgan fingerprint density at radius 1 is 1.36 bits per heavy atom. The van der Waals surface area contributed by atoms with Crippen molar-refractivity contribution in [3.63, 3.8) is 0 Å². The normalized spacial score (nSPS) is 10.8. The van der Waals surface area contributed by atoms with Gasteiger partial charge in [-0.2, -0.15) is 0 Å². The third-order valence-electron chi connectivity index (χ3n) is 3.30. The summed E-state index contributed by atoms with van der Waals surface area (Å²) in [6.45, 7) is 0.242. The van der Waals surface area contributed by atoms with Crippen LogP contribution in [0.4, 0.5) is 15.8 Å². The number of nitrogens with zero attached hydrogens (tertiary/aromatic N) is 2. The third kappa shape index (κ3) is 5.48. The van der Waals surface area contributed by atoms with Crippen LogP contribution in [0.15, 0.2) is 40.9 Å². The van der Waals surface area contributed by atoms with Crippen molar-refractivity contribution in [3.8, 4) is 0 Å². The highest BCUT2D eigenvalue weighted by atomic mass is 79.9. The Labute approximate surface area is 156 Å². The van der Waals surface area contributed by atoms with E-state index in [1.54, 1.807) is 24.1 Å². The van der Waals surface area contributed by atoms with Crippen LogP contribution in [0, 0.1) is 15.9 Å². The van der Waals surface area contributed by atoms with Crippen LogP contribution in [0.25, 0.3) is 0 Å². The van der Waals surface area contributed by atoms with Crippen LogP contribution in [-0.4, -0.2) is 29.3 Å². The summed E-state index contributed by atoms with van der Waals surface area (Å²) >= 11 is 9.21. The number of nitro benzene ring substituents is 1. The molecular weight excluding hydrogens is 417 g/mol. The number of hydrogen-bond donors (Lipinski definition) is 1. The number of likely N-dealkylation sites (N-methyl/N-ethyl adjacent to an activating group) is 1. The first-order valence-corrected chi connectivity index (χ1v) is 8.29. The van der Waals surface area contributed by atoms with Gasteiger partial charge in [-0.25, -0.2) is 4.39 Å². The minimum atomic E-state index is -0.572. The summed E-state index contributed by atoms with van der Waals surface area (Å²) in [5.74, 6) is -0.720. The van der Waals surface area contributed by atoms with Crippen molar-refractivity contribution >= 4 is 44.8 Å². The molecule has 0 unspecified atom stereocenters. The molecule has 25 heavy (non-hydrogen) atoms. The van der Waals surface area contributed by atoms with Crippen molar-refractivity contribution in [2.75, 3.05) is 18.9 Å². The number of benzene rings is 2. The van der Waals surface area contributed by atoms with Gasteiger partial charge in [0.1, 0.15) is 5.82 Å². The number of non-ortho nitro benzene ring substituents is 1. The molecule has 0 heterocycles. The van der Waals surface area contributed by atoms with Gasteiger partial charge in [0.2, 0.25) is 5.91 Å². The first kappa shape index (κ1) is 19.3. The van der Waals surface area contributed by atoms with E-state index < -0.39 is 4.92 Å². The van der Waals surface area contributed by atoms with Crippen LogP contribution in [0.5, 0.6) is 0 Å². The van der Waals surface area contributed by atoms with E-state index in [0.29, 0.717) is 5.56 Å². The van der Waals surface area contributed by atoms with Crippen LogP contribution >= 0.6 is 27.5 Å². The van der Waals surface area contributed by atoms with Gasteiger partial charge in [-0.15, -0.1) is 0 Å². The zero-order valence-corrected chi connectivity index (χ0v) is 15.5. The second kappa shape index (κ2) is 8.37. The topological polar surface area (TPSA) is 75.5 Å². The second-order valence-electron chi connectivity index (χ2n) is 5.38. The molecule has 0 saturated heterocycles.